The molecule has 0 spiro atoms. The second-order valence-electron chi connectivity index (χ2n) is 4.39. The number of carbonyl (C=O) groups excluding carboxylic acids is 1. The maximum Gasteiger partial charge on any atom is 0.308 e. The summed E-state index contributed by atoms with van der Waals surface area (Å²) >= 11 is 0. The van der Waals surface area contributed by atoms with Gasteiger partial charge in [0.05, 0.1) is 17.8 Å². The highest BCUT2D eigenvalue weighted by Gasteiger charge is 2.22. The summed E-state index contributed by atoms with van der Waals surface area (Å²) in [5.41, 5.74) is -0.335. The van der Waals surface area contributed by atoms with Crippen molar-refractivity contribution in [2.24, 2.45) is 5.92 Å². The van der Waals surface area contributed by atoms with Crippen molar-refractivity contribution in [2.75, 3.05) is 6.54 Å². The van der Waals surface area contributed by atoms with E-state index in [1.54, 1.807) is 0 Å². The zero-order valence-corrected chi connectivity index (χ0v) is 10.9. The lowest BCUT2D eigenvalue weighted by Crippen LogP contribution is -2.32. The average Bonchev–Trinajstić information content (AvgIpc) is 2.73. The molecule has 0 aliphatic rings. The number of aliphatic carboxylic acids is 1. The van der Waals surface area contributed by atoms with E-state index in [4.69, 9.17) is 9.52 Å². The summed E-state index contributed by atoms with van der Waals surface area (Å²) in [6.45, 7) is 2.96. The monoisotopic (exact) mass is 279 g/mol. The summed E-state index contributed by atoms with van der Waals surface area (Å²) in [6, 6.07) is 0. The van der Waals surface area contributed by atoms with Crippen molar-refractivity contribution in [3.63, 3.8) is 0 Å². The van der Waals surface area contributed by atoms with Gasteiger partial charge in [-0.2, -0.15) is 0 Å². The van der Waals surface area contributed by atoms with Gasteiger partial charge in [-0.1, -0.05) is 6.92 Å². The maximum absolute atomic E-state index is 12.1. The number of carbonyl (C=O) groups is 2. The van der Waals surface area contributed by atoms with Crippen LogP contribution in [0.5, 0.6) is 0 Å². The Hall–Kier alpha value is -2.64. The lowest BCUT2D eigenvalue weighted by molar-refractivity contribution is -0.140. The molecule has 0 aliphatic heterocycles. The first-order valence-electron chi connectivity index (χ1n) is 5.89. The molecular formula is C12H13N3O5. The quantitative estimate of drug-likeness (QED) is 0.737. The molecule has 1 amide bonds. The van der Waals surface area contributed by atoms with Crippen LogP contribution in [0.15, 0.2) is 15.5 Å². The molecule has 8 nitrogen and oxygen atoms in total. The number of carboxylic acids is 1. The summed E-state index contributed by atoms with van der Waals surface area (Å²) < 4.78 is 5.25. The van der Waals surface area contributed by atoms with Gasteiger partial charge in [-0.25, -0.2) is 4.98 Å². The van der Waals surface area contributed by atoms with E-state index in [2.05, 4.69) is 15.3 Å². The Bertz CT molecular complexity index is 730. The first-order chi connectivity index (χ1) is 9.41. The van der Waals surface area contributed by atoms with Crippen LogP contribution in [0.4, 0.5) is 0 Å². The minimum absolute atomic E-state index is 0.0432. The van der Waals surface area contributed by atoms with Crippen molar-refractivity contribution in [3.8, 4) is 0 Å². The number of carboxylic acid groups (broad SMARTS) is 1. The van der Waals surface area contributed by atoms with E-state index < -0.39 is 23.4 Å². The highest BCUT2D eigenvalue weighted by Crippen LogP contribution is 2.20. The molecule has 0 aliphatic carbocycles. The molecule has 1 atom stereocenters. The second-order valence-corrected chi connectivity index (χ2v) is 4.39. The number of rotatable bonds is 4. The normalized spacial score (nSPS) is 12.3. The minimum Gasteiger partial charge on any atom is -0.481 e. The van der Waals surface area contributed by atoms with Crippen LogP contribution in [-0.2, 0) is 4.79 Å². The van der Waals surface area contributed by atoms with Gasteiger partial charge in [0.1, 0.15) is 11.1 Å². The number of furan rings is 1. The van der Waals surface area contributed by atoms with E-state index in [-0.39, 0.29) is 29.0 Å². The van der Waals surface area contributed by atoms with Crippen molar-refractivity contribution in [2.45, 2.75) is 13.8 Å². The molecular weight excluding hydrogens is 266 g/mol. The van der Waals surface area contributed by atoms with Gasteiger partial charge >= 0.3 is 5.97 Å². The van der Waals surface area contributed by atoms with Gasteiger partial charge in [0, 0.05) is 6.54 Å². The summed E-state index contributed by atoms with van der Waals surface area (Å²) in [5.74, 6) is -2.05. The molecule has 2 heterocycles. The third-order valence-electron chi connectivity index (χ3n) is 2.89. The van der Waals surface area contributed by atoms with Crippen LogP contribution in [0.25, 0.3) is 11.1 Å². The average molecular weight is 279 g/mol. The van der Waals surface area contributed by atoms with Crippen molar-refractivity contribution < 1.29 is 19.1 Å². The second kappa shape index (κ2) is 5.16. The van der Waals surface area contributed by atoms with Gasteiger partial charge in [-0.3, -0.25) is 14.4 Å². The molecule has 20 heavy (non-hydrogen) atoms. The first-order valence-corrected chi connectivity index (χ1v) is 5.89. The fraction of sp³-hybridized carbons (Fsp3) is 0.333. The third kappa shape index (κ3) is 2.40. The van der Waals surface area contributed by atoms with Crippen molar-refractivity contribution >= 4 is 23.0 Å². The van der Waals surface area contributed by atoms with Gasteiger partial charge in [0.25, 0.3) is 11.5 Å². The standard InChI is InChI=1S/C12H13N3O5/c1-5(12(18)19)3-13-9(16)7-6(2)20-11-8(7)10(17)14-4-15-11/h4-5H,3H2,1-2H3,(H,13,16)(H,18,19)(H,14,15,17). The summed E-state index contributed by atoms with van der Waals surface area (Å²) in [5, 5.41) is 11.3. The summed E-state index contributed by atoms with van der Waals surface area (Å²) in [6.07, 6.45) is 1.18. The number of nitrogens with one attached hydrogen (secondary N) is 2. The zero-order valence-electron chi connectivity index (χ0n) is 10.9. The molecule has 2 aromatic heterocycles. The van der Waals surface area contributed by atoms with Crippen molar-refractivity contribution in [1.82, 2.24) is 15.3 Å². The number of aromatic nitrogens is 2. The molecule has 3 N–H and O–H groups in total. The molecule has 1 unspecified atom stereocenters. The number of aromatic amines is 1. The van der Waals surface area contributed by atoms with Crippen LogP contribution in [0.3, 0.4) is 0 Å². The molecule has 0 fully saturated rings. The molecule has 0 aromatic carbocycles. The Kier molecular flexibility index (Phi) is 3.55. The summed E-state index contributed by atoms with van der Waals surface area (Å²) in [4.78, 5) is 40.7. The number of aryl methyl sites for hydroxylation is 1. The van der Waals surface area contributed by atoms with Crippen LogP contribution >= 0.6 is 0 Å². The topological polar surface area (TPSA) is 125 Å². The molecule has 8 heteroatoms. The van der Waals surface area contributed by atoms with Crippen LogP contribution in [0.1, 0.15) is 23.0 Å². The Labute approximate surface area is 112 Å². The van der Waals surface area contributed by atoms with Crippen LogP contribution < -0.4 is 10.9 Å². The van der Waals surface area contributed by atoms with E-state index in [1.807, 2.05) is 0 Å². The maximum atomic E-state index is 12.1. The molecule has 0 bridgehead atoms. The lowest BCUT2D eigenvalue weighted by atomic mass is 10.1. The predicted molar refractivity (Wildman–Crippen MR) is 68.5 cm³/mol. The number of fused-ring (bicyclic) bond motifs is 1. The number of nitrogens with zero attached hydrogens (tertiary/aromatic N) is 1. The van der Waals surface area contributed by atoms with Gasteiger partial charge in [0.2, 0.25) is 5.71 Å². The molecule has 0 saturated heterocycles. The SMILES string of the molecule is Cc1oc2nc[nH]c(=O)c2c1C(=O)NCC(C)C(=O)O. The molecule has 2 rings (SSSR count). The van der Waals surface area contributed by atoms with E-state index in [0.29, 0.717) is 0 Å². The molecule has 0 saturated carbocycles. The Morgan fingerprint density at radius 3 is 2.90 bits per heavy atom. The van der Waals surface area contributed by atoms with Crippen LogP contribution in [0, 0.1) is 12.8 Å². The van der Waals surface area contributed by atoms with Gasteiger partial charge in [-0.05, 0) is 6.92 Å². The highest BCUT2D eigenvalue weighted by molar-refractivity contribution is 6.06. The fourth-order valence-electron chi connectivity index (χ4n) is 1.75. The Morgan fingerprint density at radius 1 is 1.55 bits per heavy atom. The highest BCUT2D eigenvalue weighted by atomic mass is 16.4. The van der Waals surface area contributed by atoms with Gasteiger partial charge < -0.3 is 19.8 Å². The fourth-order valence-corrected chi connectivity index (χ4v) is 1.75. The number of amides is 1. The molecule has 106 valence electrons. The Morgan fingerprint density at radius 2 is 2.25 bits per heavy atom. The van der Waals surface area contributed by atoms with Gasteiger partial charge in [-0.15, -0.1) is 0 Å². The van der Waals surface area contributed by atoms with Crippen LogP contribution in [-0.4, -0.2) is 33.5 Å². The lowest BCUT2D eigenvalue weighted by Gasteiger charge is -2.07. The third-order valence-corrected chi connectivity index (χ3v) is 2.89. The van der Waals surface area contributed by atoms with E-state index in [1.165, 1.54) is 20.2 Å². The number of hydrogen-bond donors (Lipinski definition) is 3. The van der Waals surface area contributed by atoms with Crippen molar-refractivity contribution in [3.05, 3.63) is 28.0 Å². The smallest absolute Gasteiger partial charge is 0.308 e. The molecule has 2 aromatic rings. The van der Waals surface area contributed by atoms with Crippen molar-refractivity contribution in [1.29, 1.82) is 0 Å². The summed E-state index contributed by atoms with van der Waals surface area (Å²) in [7, 11) is 0. The van der Waals surface area contributed by atoms with E-state index >= 15 is 0 Å². The number of H-pyrrole nitrogens is 1. The predicted octanol–water partition coefficient (Wildman–Crippen LogP) is 0.275. The zero-order chi connectivity index (χ0) is 14.9. The van der Waals surface area contributed by atoms with Gasteiger partial charge in [0.15, 0.2) is 0 Å². The van der Waals surface area contributed by atoms with Crippen LogP contribution in [0.2, 0.25) is 0 Å². The number of hydrogen-bond acceptors (Lipinski definition) is 5. The minimum atomic E-state index is -1.02. The largest absolute Gasteiger partial charge is 0.481 e. The first kappa shape index (κ1) is 13.8. The van der Waals surface area contributed by atoms with E-state index in [9.17, 15) is 14.4 Å². The molecule has 0 radical (unpaired) electrons. The Balaban J connectivity index is 2.33. The van der Waals surface area contributed by atoms with E-state index in [0.717, 1.165) is 0 Å².